The second-order valence-corrected chi connectivity index (χ2v) is 6.72. The first-order chi connectivity index (χ1) is 12.6. The van der Waals surface area contributed by atoms with Crippen molar-refractivity contribution in [3.8, 4) is 22.4 Å². The van der Waals surface area contributed by atoms with Gasteiger partial charge >= 0.3 is 0 Å². The van der Waals surface area contributed by atoms with Gasteiger partial charge in [0.2, 0.25) is 0 Å². The zero-order valence-corrected chi connectivity index (χ0v) is 15.5. The Balaban J connectivity index is 2.39. The molecule has 0 fully saturated rings. The van der Waals surface area contributed by atoms with Gasteiger partial charge < -0.3 is 5.11 Å². The first kappa shape index (κ1) is 18.3. The molecule has 1 N–H and O–H groups in total. The van der Waals surface area contributed by atoms with Gasteiger partial charge in [-0.1, -0.05) is 63.2 Å². The van der Waals surface area contributed by atoms with Crippen LogP contribution in [0.5, 0.6) is 0 Å². The lowest BCUT2D eigenvalue weighted by Crippen LogP contribution is -2.09. The largest absolute Gasteiger partial charge is 0.392 e. The van der Waals surface area contributed by atoms with Crippen molar-refractivity contribution in [1.29, 1.82) is 0 Å². The molecule has 1 aromatic heterocycles. The van der Waals surface area contributed by atoms with Crippen LogP contribution in [0.1, 0.15) is 43.5 Å². The summed E-state index contributed by atoms with van der Waals surface area (Å²) >= 11 is 0. The average molecular weight is 349 g/mol. The molecule has 0 atom stereocenters. The molecule has 3 rings (SSSR count). The molecule has 3 aromatic rings. The van der Waals surface area contributed by atoms with Crippen molar-refractivity contribution in [2.45, 2.75) is 39.7 Å². The molecule has 2 nitrogen and oxygen atoms in total. The number of rotatable bonds is 5. The van der Waals surface area contributed by atoms with E-state index in [-0.39, 0.29) is 18.3 Å². The Kier molecular flexibility index (Phi) is 5.48. The lowest BCUT2D eigenvalue weighted by molar-refractivity contribution is 0.280. The van der Waals surface area contributed by atoms with Crippen molar-refractivity contribution in [3.63, 3.8) is 0 Å². The van der Waals surface area contributed by atoms with Gasteiger partial charge in [-0.3, -0.25) is 4.98 Å². The summed E-state index contributed by atoms with van der Waals surface area (Å²) in [6.45, 7) is 6.16. The van der Waals surface area contributed by atoms with Gasteiger partial charge in [0.25, 0.3) is 0 Å². The van der Waals surface area contributed by atoms with Gasteiger partial charge in [-0.15, -0.1) is 0 Å². The number of hydrogen-bond acceptors (Lipinski definition) is 2. The number of hydrogen-bond donors (Lipinski definition) is 1. The topological polar surface area (TPSA) is 33.1 Å². The second kappa shape index (κ2) is 7.79. The highest BCUT2D eigenvalue weighted by Crippen LogP contribution is 2.38. The quantitative estimate of drug-likeness (QED) is 0.638. The van der Waals surface area contributed by atoms with Gasteiger partial charge in [0.15, 0.2) is 0 Å². The van der Waals surface area contributed by atoms with E-state index in [4.69, 9.17) is 4.98 Å². The summed E-state index contributed by atoms with van der Waals surface area (Å²) in [6.07, 6.45) is 0.773. The van der Waals surface area contributed by atoms with Gasteiger partial charge in [0.05, 0.1) is 12.3 Å². The Labute approximate surface area is 154 Å². The van der Waals surface area contributed by atoms with Gasteiger partial charge in [-0.05, 0) is 41.2 Å². The van der Waals surface area contributed by atoms with E-state index in [9.17, 15) is 9.50 Å². The standard InChI is InChI=1S/C23H24FNO/c1-4-19-21(16-10-12-18(24)13-11-16)20(14-26)22(15(2)3)25-23(19)17-8-6-5-7-9-17/h5-13,15,26H,4,14H2,1-3H3. The summed E-state index contributed by atoms with van der Waals surface area (Å²) in [5, 5.41) is 10.1. The highest BCUT2D eigenvalue weighted by Gasteiger charge is 2.21. The molecule has 2 aromatic carbocycles. The number of aliphatic hydroxyl groups excluding tert-OH is 1. The molecule has 0 bridgehead atoms. The Morgan fingerprint density at radius 2 is 1.58 bits per heavy atom. The molecule has 134 valence electrons. The molecule has 0 saturated heterocycles. The van der Waals surface area contributed by atoms with Crippen LogP contribution >= 0.6 is 0 Å². The number of aromatic nitrogens is 1. The first-order valence-electron chi connectivity index (χ1n) is 9.04. The highest BCUT2D eigenvalue weighted by molar-refractivity contribution is 5.79. The third kappa shape index (κ3) is 3.40. The van der Waals surface area contributed by atoms with Crippen LogP contribution in [-0.4, -0.2) is 10.1 Å². The van der Waals surface area contributed by atoms with Crippen LogP contribution in [0.15, 0.2) is 54.6 Å². The van der Waals surface area contributed by atoms with Gasteiger partial charge in [-0.25, -0.2) is 4.39 Å². The number of aliphatic hydroxyl groups is 1. The molecule has 26 heavy (non-hydrogen) atoms. The second-order valence-electron chi connectivity index (χ2n) is 6.72. The van der Waals surface area contributed by atoms with E-state index >= 15 is 0 Å². The van der Waals surface area contributed by atoms with E-state index in [2.05, 4.69) is 32.9 Å². The van der Waals surface area contributed by atoms with Crippen LogP contribution in [0.25, 0.3) is 22.4 Å². The van der Waals surface area contributed by atoms with E-state index < -0.39 is 0 Å². The third-order valence-corrected chi connectivity index (χ3v) is 4.67. The van der Waals surface area contributed by atoms with Crippen molar-refractivity contribution < 1.29 is 9.50 Å². The van der Waals surface area contributed by atoms with Crippen LogP contribution in [0.2, 0.25) is 0 Å². The number of pyridine rings is 1. The smallest absolute Gasteiger partial charge is 0.123 e. The van der Waals surface area contributed by atoms with E-state index in [1.54, 1.807) is 12.1 Å². The van der Waals surface area contributed by atoms with Gasteiger partial charge in [-0.2, -0.15) is 0 Å². The van der Waals surface area contributed by atoms with Crippen molar-refractivity contribution in [2.75, 3.05) is 0 Å². The van der Waals surface area contributed by atoms with Crippen molar-refractivity contribution in [1.82, 2.24) is 4.98 Å². The van der Waals surface area contributed by atoms with Gasteiger partial charge in [0, 0.05) is 16.8 Å². The zero-order chi connectivity index (χ0) is 18.7. The predicted octanol–water partition coefficient (Wildman–Crippen LogP) is 5.73. The van der Waals surface area contributed by atoms with Crippen LogP contribution in [0.3, 0.4) is 0 Å². The van der Waals surface area contributed by atoms with E-state index in [1.165, 1.54) is 12.1 Å². The fourth-order valence-corrected chi connectivity index (χ4v) is 3.47. The lowest BCUT2D eigenvalue weighted by Gasteiger charge is -2.22. The maximum Gasteiger partial charge on any atom is 0.123 e. The van der Waals surface area contributed by atoms with E-state index in [0.717, 1.165) is 45.6 Å². The SMILES string of the molecule is CCc1c(-c2ccccc2)nc(C(C)C)c(CO)c1-c1ccc(F)cc1. The summed E-state index contributed by atoms with van der Waals surface area (Å²) in [4.78, 5) is 4.95. The molecule has 0 aliphatic heterocycles. The Morgan fingerprint density at radius 1 is 0.923 bits per heavy atom. The fraction of sp³-hybridized carbons (Fsp3) is 0.261. The van der Waals surface area contributed by atoms with Crippen molar-refractivity contribution in [3.05, 3.63) is 77.2 Å². The van der Waals surface area contributed by atoms with Crippen LogP contribution < -0.4 is 0 Å². The van der Waals surface area contributed by atoms with Gasteiger partial charge in [0.1, 0.15) is 5.82 Å². The van der Waals surface area contributed by atoms with Crippen molar-refractivity contribution in [2.24, 2.45) is 0 Å². The predicted molar refractivity (Wildman–Crippen MR) is 104 cm³/mol. The number of halogens is 1. The van der Waals surface area contributed by atoms with Crippen LogP contribution in [0, 0.1) is 5.82 Å². The molecule has 0 spiro atoms. The third-order valence-electron chi connectivity index (χ3n) is 4.67. The molecule has 0 amide bonds. The Morgan fingerprint density at radius 3 is 2.12 bits per heavy atom. The highest BCUT2D eigenvalue weighted by atomic mass is 19.1. The summed E-state index contributed by atoms with van der Waals surface area (Å²) < 4.78 is 13.5. The molecule has 0 radical (unpaired) electrons. The van der Waals surface area contributed by atoms with Crippen LogP contribution in [-0.2, 0) is 13.0 Å². The number of benzene rings is 2. The molecule has 0 aliphatic carbocycles. The van der Waals surface area contributed by atoms with Crippen molar-refractivity contribution >= 4 is 0 Å². The van der Waals surface area contributed by atoms with E-state index in [1.807, 2.05) is 18.2 Å². The molecule has 1 heterocycles. The molecular formula is C23H24FNO. The molecule has 0 saturated carbocycles. The normalized spacial score (nSPS) is 11.2. The summed E-state index contributed by atoms with van der Waals surface area (Å²) in [5.41, 5.74) is 6.69. The Bertz CT molecular complexity index is 886. The van der Waals surface area contributed by atoms with E-state index in [0.29, 0.717) is 0 Å². The minimum atomic E-state index is -0.265. The number of nitrogens with zero attached hydrogens (tertiary/aromatic N) is 1. The molecule has 0 unspecified atom stereocenters. The Hall–Kier alpha value is -2.52. The molecular weight excluding hydrogens is 325 g/mol. The first-order valence-corrected chi connectivity index (χ1v) is 9.04. The maximum atomic E-state index is 13.5. The summed E-state index contributed by atoms with van der Waals surface area (Å²) in [5.74, 6) is -0.0940. The fourth-order valence-electron chi connectivity index (χ4n) is 3.47. The molecule has 3 heteroatoms. The summed E-state index contributed by atoms with van der Waals surface area (Å²) in [7, 11) is 0. The maximum absolute atomic E-state index is 13.5. The average Bonchev–Trinajstić information content (AvgIpc) is 2.67. The molecule has 0 aliphatic rings. The summed E-state index contributed by atoms with van der Waals surface area (Å²) in [6, 6.07) is 16.6. The lowest BCUT2D eigenvalue weighted by atomic mass is 9.87. The zero-order valence-electron chi connectivity index (χ0n) is 15.5. The van der Waals surface area contributed by atoms with Crippen LogP contribution in [0.4, 0.5) is 4.39 Å². The minimum absolute atomic E-state index is 0.0880. The monoisotopic (exact) mass is 349 g/mol. The minimum Gasteiger partial charge on any atom is -0.392 e.